The molecular formula is C22H24N6O2. The van der Waals surface area contributed by atoms with Crippen LogP contribution in [-0.4, -0.2) is 56.7 Å². The Bertz CT molecular complexity index is 1060. The molecular weight excluding hydrogens is 380 g/mol. The lowest BCUT2D eigenvalue weighted by Gasteiger charge is -2.34. The van der Waals surface area contributed by atoms with Gasteiger partial charge in [-0.1, -0.05) is 31.2 Å². The normalized spacial score (nSPS) is 14.0. The summed E-state index contributed by atoms with van der Waals surface area (Å²) in [6.07, 6.45) is 4.38. The molecule has 1 aliphatic rings. The van der Waals surface area contributed by atoms with Crippen molar-refractivity contribution >= 4 is 11.9 Å². The molecule has 0 saturated carbocycles. The Hall–Kier alpha value is -3.55. The van der Waals surface area contributed by atoms with Crippen molar-refractivity contribution in [2.75, 3.05) is 31.1 Å². The molecule has 0 radical (unpaired) electrons. The van der Waals surface area contributed by atoms with Crippen LogP contribution in [0.4, 0.5) is 5.95 Å². The molecule has 4 rings (SSSR count). The zero-order valence-electron chi connectivity index (χ0n) is 16.9. The Morgan fingerprint density at radius 1 is 0.967 bits per heavy atom. The van der Waals surface area contributed by atoms with Crippen LogP contribution in [0.5, 0.6) is 0 Å². The van der Waals surface area contributed by atoms with E-state index >= 15 is 0 Å². The lowest BCUT2D eigenvalue weighted by Crippen LogP contribution is -2.50. The van der Waals surface area contributed by atoms with Gasteiger partial charge in [0.1, 0.15) is 6.54 Å². The van der Waals surface area contributed by atoms with E-state index in [-0.39, 0.29) is 18.0 Å². The van der Waals surface area contributed by atoms with Gasteiger partial charge in [-0.05, 0) is 24.1 Å². The van der Waals surface area contributed by atoms with Gasteiger partial charge in [0.2, 0.25) is 11.9 Å². The molecule has 0 bridgehead atoms. The molecule has 1 saturated heterocycles. The summed E-state index contributed by atoms with van der Waals surface area (Å²) in [6.45, 7) is 4.46. The highest BCUT2D eigenvalue weighted by Gasteiger charge is 2.23. The number of hydrogen-bond acceptors (Lipinski definition) is 6. The van der Waals surface area contributed by atoms with Crippen molar-refractivity contribution in [3.63, 3.8) is 0 Å². The van der Waals surface area contributed by atoms with E-state index in [9.17, 15) is 9.59 Å². The lowest BCUT2D eigenvalue weighted by atomic mass is 10.1. The molecule has 3 aromatic rings. The van der Waals surface area contributed by atoms with Gasteiger partial charge in [-0.2, -0.15) is 5.10 Å². The summed E-state index contributed by atoms with van der Waals surface area (Å²) in [4.78, 5) is 37.4. The molecule has 1 amide bonds. The minimum Gasteiger partial charge on any atom is -0.338 e. The molecule has 3 heterocycles. The second-order valence-electron chi connectivity index (χ2n) is 7.18. The fourth-order valence-corrected chi connectivity index (χ4v) is 3.47. The summed E-state index contributed by atoms with van der Waals surface area (Å²) in [7, 11) is 0. The standard InChI is InChI=1S/C22H24N6O2/c1-2-17-4-6-18(7-5-17)19-8-9-20(29)28(25-19)16-21(30)26-12-14-27(15-13-26)22-23-10-3-11-24-22/h3-11H,2,12-16H2,1H3. The van der Waals surface area contributed by atoms with E-state index < -0.39 is 0 Å². The molecule has 1 aromatic carbocycles. The van der Waals surface area contributed by atoms with E-state index in [2.05, 4.69) is 26.9 Å². The second-order valence-corrected chi connectivity index (χ2v) is 7.18. The number of rotatable bonds is 5. The topological polar surface area (TPSA) is 84.2 Å². The molecule has 154 valence electrons. The molecule has 0 aliphatic carbocycles. The fourth-order valence-electron chi connectivity index (χ4n) is 3.47. The number of piperazine rings is 1. The molecule has 2 aromatic heterocycles. The highest BCUT2D eigenvalue weighted by Crippen LogP contribution is 2.16. The molecule has 8 nitrogen and oxygen atoms in total. The van der Waals surface area contributed by atoms with Crippen molar-refractivity contribution in [3.8, 4) is 11.3 Å². The molecule has 8 heteroatoms. The van der Waals surface area contributed by atoms with Crippen LogP contribution >= 0.6 is 0 Å². The summed E-state index contributed by atoms with van der Waals surface area (Å²) in [5.41, 5.74) is 2.55. The van der Waals surface area contributed by atoms with E-state index in [1.165, 1.54) is 16.3 Å². The summed E-state index contributed by atoms with van der Waals surface area (Å²) >= 11 is 0. The van der Waals surface area contributed by atoms with Crippen LogP contribution in [0.2, 0.25) is 0 Å². The minimum absolute atomic E-state index is 0.0679. The molecule has 0 N–H and O–H groups in total. The third-order valence-corrected chi connectivity index (χ3v) is 5.28. The summed E-state index contributed by atoms with van der Waals surface area (Å²) < 4.78 is 1.25. The van der Waals surface area contributed by atoms with Crippen LogP contribution in [-0.2, 0) is 17.8 Å². The Morgan fingerprint density at radius 2 is 1.67 bits per heavy atom. The van der Waals surface area contributed by atoms with Gasteiger partial charge in [-0.25, -0.2) is 14.6 Å². The SMILES string of the molecule is CCc1ccc(-c2ccc(=O)n(CC(=O)N3CCN(c4ncccn4)CC3)n2)cc1. The molecule has 1 aliphatic heterocycles. The Balaban J connectivity index is 1.42. The number of aryl methyl sites for hydroxylation is 1. The monoisotopic (exact) mass is 404 g/mol. The number of anilines is 1. The van der Waals surface area contributed by atoms with Gasteiger partial charge in [0.25, 0.3) is 5.56 Å². The molecule has 1 fully saturated rings. The fraction of sp³-hybridized carbons (Fsp3) is 0.318. The van der Waals surface area contributed by atoms with E-state index in [1.807, 2.05) is 24.3 Å². The first kappa shape index (κ1) is 19.8. The summed E-state index contributed by atoms with van der Waals surface area (Å²) in [6, 6.07) is 13.0. The van der Waals surface area contributed by atoms with Gasteiger partial charge in [0.05, 0.1) is 5.69 Å². The van der Waals surface area contributed by atoms with Gasteiger partial charge in [0, 0.05) is 50.2 Å². The van der Waals surface area contributed by atoms with Crippen molar-refractivity contribution in [2.24, 2.45) is 0 Å². The Morgan fingerprint density at radius 3 is 2.33 bits per heavy atom. The largest absolute Gasteiger partial charge is 0.338 e. The number of aromatic nitrogens is 4. The van der Waals surface area contributed by atoms with Crippen LogP contribution in [0.3, 0.4) is 0 Å². The van der Waals surface area contributed by atoms with Gasteiger partial charge in [-0.3, -0.25) is 9.59 Å². The number of amides is 1. The summed E-state index contributed by atoms with van der Waals surface area (Å²) in [5.74, 6) is 0.556. The first-order valence-corrected chi connectivity index (χ1v) is 10.1. The highest BCUT2D eigenvalue weighted by atomic mass is 16.2. The van der Waals surface area contributed by atoms with E-state index in [4.69, 9.17) is 0 Å². The third-order valence-electron chi connectivity index (χ3n) is 5.28. The number of carbonyl (C=O) groups excluding carboxylic acids is 1. The first-order valence-electron chi connectivity index (χ1n) is 10.1. The van der Waals surface area contributed by atoms with Gasteiger partial charge < -0.3 is 9.80 Å². The van der Waals surface area contributed by atoms with Crippen molar-refractivity contribution in [3.05, 3.63) is 70.8 Å². The number of benzene rings is 1. The zero-order valence-corrected chi connectivity index (χ0v) is 16.9. The quantitative estimate of drug-likeness (QED) is 0.642. The highest BCUT2D eigenvalue weighted by molar-refractivity contribution is 5.76. The maximum absolute atomic E-state index is 12.8. The average Bonchev–Trinajstić information content (AvgIpc) is 2.81. The minimum atomic E-state index is -0.284. The van der Waals surface area contributed by atoms with Gasteiger partial charge in [0.15, 0.2) is 0 Å². The number of carbonyl (C=O) groups is 1. The first-order chi connectivity index (χ1) is 14.6. The third kappa shape index (κ3) is 4.37. The van der Waals surface area contributed by atoms with Crippen LogP contribution < -0.4 is 10.5 Å². The predicted molar refractivity (Wildman–Crippen MR) is 114 cm³/mol. The Labute approximate surface area is 174 Å². The lowest BCUT2D eigenvalue weighted by molar-refractivity contribution is -0.132. The predicted octanol–water partition coefficient (Wildman–Crippen LogP) is 1.61. The summed E-state index contributed by atoms with van der Waals surface area (Å²) in [5, 5.41) is 4.42. The van der Waals surface area contributed by atoms with Gasteiger partial charge in [-0.15, -0.1) is 0 Å². The molecule has 0 spiro atoms. The van der Waals surface area contributed by atoms with E-state index in [0.717, 1.165) is 12.0 Å². The number of nitrogens with zero attached hydrogens (tertiary/aromatic N) is 6. The number of hydrogen-bond donors (Lipinski definition) is 0. The van der Waals surface area contributed by atoms with E-state index in [0.29, 0.717) is 37.8 Å². The van der Waals surface area contributed by atoms with Crippen molar-refractivity contribution < 1.29 is 4.79 Å². The Kier molecular flexibility index (Phi) is 5.83. The zero-order chi connectivity index (χ0) is 20.9. The van der Waals surface area contributed by atoms with Crippen molar-refractivity contribution in [2.45, 2.75) is 19.9 Å². The van der Waals surface area contributed by atoms with E-state index in [1.54, 1.807) is 29.4 Å². The van der Waals surface area contributed by atoms with Crippen LogP contribution in [0.1, 0.15) is 12.5 Å². The van der Waals surface area contributed by atoms with Crippen molar-refractivity contribution in [1.82, 2.24) is 24.6 Å². The maximum atomic E-state index is 12.8. The average molecular weight is 404 g/mol. The second kappa shape index (κ2) is 8.86. The van der Waals surface area contributed by atoms with Crippen molar-refractivity contribution in [1.29, 1.82) is 0 Å². The van der Waals surface area contributed by atoms with Gasteiger partial charge >= 0.3 is 0 Å². The van der Waals surface area contributed by atoms with Crippen LogP contribution in [0, 0.1) is 0 Å². The molecule has 30 heavy (non-hydrogen) atoms. The van der Waals surface area contributed by atoms with Crippen LogP contribution in [0.25, 0.3) is 11.3 Å². The smallest absolute Gasteiger partial charge is 0.267 e. The van der Waals surface area contributed by atoms with Crippen LogP contribution in [0.15, 0.2) is 59.7 Å². The maximum Gasteiger partial charge on any atom is 0.267 e. The molecule has 0 atom stereocenters. The molecule has 0 unspecified atom stereocenters.